The van der Waals surface area contributed by atoms with Crippen LogP contribution in [0.3, 0.4) is 0 Å². The lowest BCUT2D eigenvalue weighted by Gasteiger charge is -2.27. The van der Waals surface area contributed by atoms with Gasteiger partial charge in [-0.05, 0) is 19.1 Å². The van der Waals surface area contributed by atoms with E-state index in [1.54, 1.807) is 23.4 Å². The normalized spacial score (nSPS) is 14.1. The number of aryl methyl sites for hydroxylation is 1. The number of carbonyl (C=O) groups is 1. The summed E-state index contributed by atoms with van der Waals surface area (Å²) in [6.45, 7) is 3.78. The summed E-state index contributed by atoms with van der Waals surface area (Å²) >= 11 is 1.34. The van der Waals surface area contributed by atoms with Crippen molar-refractivity contribution >= 4 is 17.2 Å². The number of thiazole rings is 1. The van der Waals surface area contributed by atoms with Gasteiger partial charge in [0.25, 0.3) is 5.91 Å². The van der Waals surface area contributed by atoms with Gasteiger partial charge in [-0.1, -0.05) is 0 Å². The van der Waals surface area contributed by atoms with Gasteiger partial charge in [0.2, 0.25) is 0 Å². The Balaban J connectivity index is 1.55. The molecule has 0 atom stereocenters. The Morgan fingerprint density at radius 3 is 3.09 bits per heavy atom. The van der Waals surface area contributed by atoms with Crippen molar-refractivity contribution in [2.24, 2.45) is 0 Å². The highest BCUT2D eigenvalue weighted by Crippen LogP contribution is 2.27. The van der Waals surface area contributed by atoms with Crippen LogP contribution in [-0.2, 0) is 13.1 Å². The highest BCUT2D eigenvalue weighted by Gasteiger charge is 2.25. The molecule has 4 heterocycles. The van der Waals surface area contributed by atoms with Gasteiger partial charge in [0.05, 0.1) is 19.0 Å². The molecule has 3 aromatic heterocycles. The van der Waals surface area contributed by atoms with Crippen molar-refractivity contribution in [2.45, 2.75) is 20.0 Å². The Bertz CT molecular complexity index is 820. The first-order chi connectivity index (χ1) is 10.7. The summed E-state index contributed by atoms with van der Waals surface area (Å²) < 4.78 is 7.36. The van der Waals surface area contributed by atoms with E-state index < -0.39 is 0 Å². The van der Waals surface area contributed by atoms with Crippen LogP contribution < -0.4 is 0 Å². The molecule has 1 amide bonds. The summed E-state index contributed by atoms with van der Waals surface area (Å²) in [6, 6.07) is 3.64. The molecule has 0 aromatic carbocycles. The van der Waals surface area contributed by atoms with Crippen molar-refractivity contribution in [2.75, 3.05) is 6.54 Å². The number of carbonyl (C=O) groups excluding carboxylic acids is 1. The van der Waals surface area contributed by atoms with Crippen LogP contribution in [0.25, 0.3) is 10.8 Å². The quantitative estimate of drug-likeness (QED) is 0.722. The summed E-state index contributed by atoms with van der Waals surface area (Å²) in [6.07, 6.45) is 3.20. The molecular weight excluding hydrogens is 302 g/mol. The van der Waals surface area contributed by atoms with E-state index in [0.717, 1.165) is 18.2 Å². The highest BCUT2D eigenvalue weighted by molar-refractivity contribution is 7.16. The number of hydrogen-bond acceptors (Lipinski definition) is 6. The van der Waals surface area contributed by atoms with E-state index in [1.807, 2.05) is 17.6 Å². The third-order valence-electron chi connectivity index (χ3n) is 3.67. The monoisotopic (exact) mass is 315 g/mol. The Kier molecular flexibility index (Phi) is 3.04. The van der Waals surface area contributed by atoms with E-state index >= 15 is 0 Å². The molecule has 22 heavy (non-hydrogen) atoms. The van der Waals surface area contributed by atoms with Gasteiger partial charge in [0.15, 0.2) is 16.6 Å². The maximum absolute atomic E-state index is 12.6. The second-order valence-corrected chi connectivity index (χ2v) is 6.08. The molecule has 3 aromatic rings. The molecule has 112 valence electrons. The largest absolute Gasteiger partial charge is 0.462 e. The number of nitrogens with zero attached hydrogens (tertiary/aromatic N) is 5. The lowest BCUT2D eigenvalue weighted by atomic mass is 10.3. The smallest absolute Gasteiger partial charge is 0.266 e. The summed E-state index contributed by atoms with van der Waals surface area (Å²) in [5, 5.41) is 8.89. The lowest BCUT2D eigenvalue weighted by molar-refractivity contribution is 0.0711. The molecule has 4 rings (SSSR count). The van der Waals surface area contributed by atoms with Crippen molar-refractivity contribution in [3.8, 4) is 10.8 Å². The molecule has 8 heteroatoms. The first-order valence-electron chi connectivity index (χ1n) is 6.90. The molecule has 0 saturated carbocycles. The third kappa shape index (κ3) is 2.12. The molecule has 0 unspecified atom stereocenters. The molecule has 0 bridgehead atoms. The zero-order chi connectivity index (χ0) is 15.1. The Morgan fingerprint density at radius 2 is 2.27 bits per heavy atom. The summed E-state index contributed by atoms with van der Waals surface area (Å²) in [7, 11) is 0. The molecule has 0 spiro atoms. The van der Waals surface area contributed by atoms with Crippen molar-refractivity contribution in [3.05, 3.63) is 41.1 Å². The highest BCUT2D eigenvalue weighted by atomic mass is 32.1. The van der Waals surface area contributed by atoms with Gasteiger partial charge in [0.1, 0.15) is 10.7 Å². The van der Waals surface area contributed by atoms with Crippen LogP contribution >= 0.6 is 11.3 Å². The van der Waals surface area contributed by atoms with Crippen LogP contribution in [-0.4, -0.2) is 37.1 Å². The number of rotatable bonds is 2. The van der Waals surface area contributed by atoms with Crippen LogP contribution in [0.2, 0.25) is 0 Å². The van der Waals surface area contributed by atoms with E-state index in [9.17, 15) is 4.79 Å². The molecule has 7 nitrogen and oxygen atoms in total. The zero-order valence-electron chi connectivity index (χ0n) is 11.9. The van der Waals surface area contributed by atoms with Crippen LogP contribution in [0.5, 0.6) is 0 Å². The fourth-order valence-electron chi connectivity index (χ4n) is 2.52. The van der Waals surface area contributed by atoms with Crippen molar-refractivity contribution in [1.82, 2.24) is 24.6 Å². The number of furan rings is 1. The molecular formula is C14H13N5O2S. The minimum Gasteiger partial charge on any atom is -0.462 e. The molecule has 0 N–H and O–H groups in total. The Morgan fingerprint density at radius 1 is 1.36 bits per heavy atom. The van der Waals surface area contributed by atoms with Gasteiger partial charge in [-0.15, -0.1) is 21.5 Å². The molecule has 0 radical (unpaired) electrons. The zero-order valence-corrected chi connectivity index (χ0v) is 12.7. The predicted octanol–water partition coefficient (Wildman–Crippen LogP) is 1.96. The predicted molar refractivity (Wildman–Crippen MR) is 79.3 cm³/mol. The number of hydrogen-bond donors (Lipinski definition) is 0. The van der Waals surface area contributed by atoms with Gasteiger partial charge in [-0.3, -0.25) is 4.79 Å². The van der Waals surface area contributed by atoms with Gasteiger partial charge in [0, 0.05) is 13.1 Å². The fourth-order valence-corrected chi connectivity index (χ4v) is 3.37. The fraction of sp³-hybridized carbons (Fsp3) is 0.286. The Hall–Kier alpha value is -2.48. The number of aromatic nitrogens is 4. The van der Waals surface area contributed by atoms with Gasteiger partial charge >= 0.3 is 0 Å². The molecule has 1 aliphatic rings. The average molecular weight is 315 g/mol. The van der Waals surface area contributed by atoms with E-state index in [4.69, 9.17) is 4.42 Å². The molecule has 0 fully saturated rings. The minimum absolute atomic E-state index is 0.0257. The number of fused-ring (bicyclic) bond motifs is 1. The Labute approximate surface area is 130 Å². The average Bonchev–Trinajstić information content (AvgIpc) is 3.27. The summed E-state index contributed by atoms with van der Waals surface area (Å²) in [5.74, 6) is 2.37. The van der Waals surface area contributed by atoms with Gasteiger partial charge < -0.3 is 13.9 Å². The van der Waals surface area contributed by atoms with Crippen molar-refractivity contribution < 1.29 is 9.21 Å². The van der Waals surface area contributed by atoms with Crippen LogP contribution in [0.4, 0.5) is 0 Å². The molecule has 1 aliphatic heterocycles. The van der Waals surface area contributed by atoms with Crippen LogP contribution in [0.15, 0.2) is 29.0 Å². The maximum atomic E-state index is 12.6. The first-order valence-corrected chi connectivity index (χ1v) is 7.71. The summed E-state index contributed by atoms with van der Waals surface area (Å²) in [5.41, 5.74) is 0. The van der Waals surface area contributed by atoms with Crippen molar-refractivity contribution in [1.29, 1.82) is 0 Å². The minimum atomic E-state index is -0.0257. The van der Waals surface area contributed by atoms with E-state index in [0.29, 0.717) is 28.7 Å². The maximum Gasteiger partial charge on any atom is 0.266 e. The van der Waals surface area contributed by atoms with E-state index in [1.165, 1.54) is 11.3 Å². The van der Waals surface area contributed by atoms with Crippen LogP contribution in [0, 0.1) is 6.92 Å². The van der Waals surface area contributed by atoms with E-state index in [-0.39, 0.29) is 5.91 Å². The first kappa shape index (κ1) is 13.2. The van der Waals surface area contributed by atoms with Gasteiger partial charge in [-0.25, -0.2) is 4.98 Å². The van der Waals surface area contributed by atoms with Crippen molar-refractivity contribution in [3.63, 3.8) is 0 Å². The molecule has 0 saturated heterocycles. The van der Waals surface area contributed by atoms with Crippen LogP contribution in [0.1, 0.15) is 21.3 Å². The number of amides is 1. The second kappa shape index (κ2) is 5.06. The van der Waals surface area contributed by atoms with Gasteiger partial charge in [-0.2, -0.15) is 0 Å². The SMILES string of the molecule is Cc1nnc2n1CCN(C(=O)c1cnc(-c3ccco3)s1)C2. The second-order valence-electron chi connectivity index (χ2n) is 5.05. The molecule has 0 aliphatic carbocycles. The lowest BCUT2D eigenvalue weighted by Crippen LogP contribution is -2.38. The summed E-state index contributed by atoms with van der Waals surface area (Å²) in [4.78, 5) is 19.3. The van der Waals surface area contributed by atoms with E-state index in [2.05, 4.69) is 15.2 Å². The standard InChI is InChI=1S/C14H13N5O2S/c1-9-16-17-12-8-18(4-5-19(9)12)14(20)11-7-15-13(22-11)10-3-2-6-21-10/h2-3,6-7H,4-5,8H2,1H3. The topological polar surface area (TPSA) is 77.1 Å². The third-order valence-corrected chi connectivity index (χ3v) is 4.67.